The first-order chi connectivity index (χ1) is 10.7. The third-order valence-corrected chi connectivity index (χ3v) is 3.69. The van der Waals surface area contributed by atoms with Gasteiger partial charge in [0, 0.05) is 18.4 Å². The van der Waals surface area contributed by atoms with Crippen molar-refractivity contribution in [3.63, 3.8) is 0 Å². The van der Waals surface area contributed by atoms with Crippen LogP contribution in [-0.2, 0) is 16.0 Å². The summed E-state index contributed by atoms with van der Waals surface area (Å²) in [6.07, 6.45) is 2.42. The van der Waals surface area contributed by atoms with E-state index in [-0.39, 0.29) is 6.54 Å². The molecular weight excluding hydrogens is 296 g/mol. The molecule has 0 aliphatic heterocycles. The van der Waals surface area contributed by atoms with Gasteiger partial charge in [-0.2, -0.15) is 0 Å². The Labute approximate surface area is 137 Å². The smallest absolute Gasteiger partial charge is 0.407 e. The largest absolute Gasteiger partial charge is 0.481 e. The van der Waals surface area contributed by atoms with Crippen LogP contribution >= 0.6 is 0 Å². The summed E-state index contributed by atoms with van der Waals surface area (Å²) in [5, 5.41) is 12.2. The molecular formula is C17H26N2O4. The number of hydrogen-bond acceptors (Lipinski definition) is 4. The Kier molecular flexibility index (Phi) is 6.54. The number of nitrogens with zero attached hydrogens (tertiary/aromatic N) is 1. The van der Waals surface area contributed by atoms with Crippen LogP contribution in [0.15, 0.2) is 24.4 Å². The molecule has 128 valence electrons. The molecule has 0 aliphatic rings. The summed E-state index contributed by atoms with van der Waals surface area (Å²) in [7, 11) is 0. The molecule has 0 aromatic carbocycles. The van der Waals surface area contributed by atoms with Gasteiger partial charge in [-0.25, -0.2) is 4.79 Å². The van der Waals surface area contributed by atoms with Crippen molar-refractivity contribution in [2.45, 2.75) is 52.6 Å². The van der Waals surface area contributed by atoms with Crippen molar-refractivity contribution in [3.8, 4) is 0 Å². The number of nitrogens with one attached hydrogen (secondary N) is 1. The highest BCUT2D eigenvalue weighted by molar-refractivity contribution is 5.76. The minimum atomic E-state index is -1.03. The third kappa shape index (κ3) is 6.26. The van der Waals surface area contributed by atoms with Crippen molar-refractivity contribution in [1.29, 1.82) is 0 Å². The molecule has 2 N–H and O–H groups in total. The molecule has 0 bridgehead atoms. The van der Waals surface area contributed by atoms with Crippen molar-refractivity contribution in [2.75, 3.05) is 6.54 Å². The Hall–Kier alpha value is -2.11. The second kappa shape index (κ2) is 7.94. The van der Waals surface area contributed by atoms with E-state index in [1.165, 1.54) is 0 Å². The van der Waals surface area contributed by atoms with Gasteiger partial charge in [0.25, 0.3) is 0 Å². The van der Waals surface area contributed by atoms with Gasteiger partial charge in [0.1, 0.15) is 5.60 Å². The number of carbonyl (C=O) groups is 2. The summed E-state index contributed by atoms with van der Waals surface area (Å²) in [6, 6.07) is 5.55. The molecule has 0 saturated heterocycles. The zero-order valence-electron chi connectivity index (χ0n) is 14.3. The zero-order chi connectivity index (χ0) is 17.5. The Morgan fingerprint density at radius 3 is 2.48 bits per heavy atom. The van der Waals surface area contributed by atoms with E-state index in [1.807, 2.05) is 25.1 Å². The molecule has 1 aromatic rings. The second-order valence-corrected chi connectivity index (χ2v) is 6.62. The standard InChI is InChI=1S/C17H26N2O4/c1-5-17(14(20)21,10-9-13-8-6-7-11-18-13)12-19-15(22)23-16(2,3)4/h6-8,11H,5,9-10,12H2,1-4H3,(H,19,22)(H,20,21). The van der Waals surface area contributed by atoms with Gasteiger partial charge < -0.3 is 15.2 Å². The normalized spacial score (nSPS) is 13.9. The van der Waals surface area contributed by atoms with E-state index >= 15 is 0 Å². The highest BCUT2D eigenvalue weighted by Crippen LogP contribution is 2.28. The summed E-state index contributed by atoms with van der Waals surface area (Å²) >= 11 is 0. The van der Waals surface area contributed by atoms with Crippen LogP contribution in [0.3, 0.4) is 0 Å². The van der Waals surface area contributed by atoms with Gasteiger partial charge >= 0.3 is 12.1 Å². The average molecular weight is 322 g/mol. The maximum absolute atomic E-state index is 11.8. The van der Waals surface area contributed by atoms with Gasteiger partial charge in [-0.05, 0) is 52.2 Å². The fraction of sp³-hybridized carbons (Fsp3) is 0.588. The molecule has 0 aliphatic carbocycles. The molecule has 1 rings (SSSR count). The minimum absolute atomic E-state index is 0.0284. The Morgan fingerprint density at radius 1 is 1.30 bits per heavy atom. The van der Waals surface area contributed by atoms with E-state index in [0.717, 1.165) is 5.69 Å². The first-order valence-corrected chi connectivity index (χ1v) is 7.79. The molecule has 0 spiro atoms. The summed E-state index contributed by atoms with van der Waals surface area (Å²) in [4.78, 5) is 27.8. The maximum Gasteiger partial charge on any atom is 0.407 e. The molecule has 23 heavy (non-hydrogen) atoms. The number of carboxylic acids is 1. The lowest BCUT2D eigenvalue weighted by Crippen LogP contribution is -2.44. The average Bonchev–Trinajstić information content (AvgIpc) is 2.47. The monoisotopic (exact) mass is 322 g/mol. The van der Waals surface area contributed by atoms with Gasteiger partial charge in [-0.15, -0.1) is 0 Å². The number of aryl methyl sites for hydroxylation is 1. The van der Waals surface area contributed by atoms with E-state index < -0.39 is 23.1 Å². The fourth-order valence-corrected chi connectivity index (χ4v) is 2.19. The van der Waals surface area contributed by atoms with E-state index in [0.29, 0.717) is 19.3 Å². The number of carboxylic acid groups (broad SMARTS) is 1. The molecule has 1 atom stereocenters. The number of carbonyl (C=O) groups excluding carboxylic acids is 1. The van der Waals surface area contributed by atoms with Crippen LogP contribution in [0.25, 0.3) is 0 Å². The van der Waals surface area contributed by atoms with E-state index in [4.69, 9.17) is 4.74 Å². The number of rotatable bonds is 7. The molecule has 1 amide bonds. The number of hydrogen-bond donors (Lipinski definition) is 2. The number of pyridine rings is 1. The molecule has 0 radical (unpaired) electrons. The zero-order valence-corrected chi connectivity index (χ0v) is 14.3. The first-order valence-electron chi connectivity index (χ1n) is 7.79. The second-order valence-electron chi connectivity index (χ2n) is 6.62. The SMILES string of the molecule is CCC(CCc1ccccn1)(CNC(=O)OC(C)(C)C)C(=O)O. The van der Waals surface area contributed by atoms with E-state index in [9.17, 15) is 14.7 Å². The number of aliphatic carboxylic acids is 1. The Morgan fingerprint density at radius 2 is 2.00 bits per heavy atom. The van der Waals surface area contributed by atoms with Gasteiger partial charge in [0.2, 0.25) is 0 Å². The van der Waals surface area contributed by atoms with Crippen molar-refractivity contribution in [2.24, 2.45) is 5.41 Å². The maximum atomic E-state index is 11.8. The lowest BCUT2D eigenvalue weighted by Gasteiger charge is -2.29. The van der Waals surface area contributed by atoms with Crippen molar-refractivity contribution in [1.82, 2.24) is 10.3 Å². The fourth-order valence-electron chi connectivity index (χ4n) is 2.19. The molecule has 1 aromatic heterocycles. The number of amides is 1. The third-order valence-electron chi connectivity index (χ3n) is 3.69. The lowest BCUT2D eigenvalue weighted by atomic mass is 9.80. The first kappa shape index (κ1) is 18.9. The summed E-state index contributed by atoms with van der Waals surface area (Å²) in [6.45, 7) is 7.12. The van der Waals surface area contributed by atoms with Crippen LogP contribution in [0.4, 0.5) is 4.79 Å². The van der Waals surface area contributed by atoms with Crippen LogP contribution in [0.1, 0.15) is 46.2 Å². The predicted octanol–water partition coefficient (Wildman–Crippen LogP) is 3.02. The molecule has 1 heterocycles. The van der Waals surface area contributed by atoms with E-state index in [1.54, 1.807) is 27.0 Å². The number of alkyl carbamates (subject to hydrolysis) is 1. The Bertz CT molecular complexity index is 525. The number of ether oxygens (including phenoxy) is 1. The molecule has 6 nitrogen and oxygen atoms in total. The highest BCUT2D eigenvalue weighted by Gasteiger charge is 2.37. The van der Waals surface area contributed by atoms with Crippen LogP contribution in [0.5, 0.6) is 0 Å². The minimum Gasteiger partial charge on any atom is -0.481 e. The van der Waals surface area contributed by atoms with Crippen molar-refractivity contribution in [3.05, 3.63) is 30.1 Å². The van der Waals surface area contributed by atoms with Crippen LogP contribution in [-0.4, -0.2) is 34.3 Å². The quantitative estimate of drug-likeness (QED) is 0.805. The van der Waals surface area contributed by atoms with Crippen molar-refractivity contribution < 1.29 is 19.4 Å². The molecule has 0 fully saturated rings. The molecule has 0 saturated carbocycles. The predicted molar refractivity (Wildman–Crippen MR) is 87.2 cm³/mol. The lowest BCUT2D eigenvalue weighted by molar-refractivity contribution is -0.149. The van der Waals surface area contributed by atoms with Gasteiger partial charge in [-0.3, -0.25) is 9.78 Å². The topological polar surface area (TPSA) is 88.5 Å². The van der Waals surface area contributed by atoms with E-state index in [2.05, 4.69) is 10.3 Å². The Balaban J connectivity index is 2.70. The van der Waals surface area contributed by atoms with Crippen LogP contribution in [0.2, 0.25) is 0 Å². The number of aromatic nitrogens is 1. The summed E-state index contributed by atoms with van der Waals surface area (Å²) in [5.74, 6) is -0.924. The molecule has 6 heteroatoms. The highest BCUT2D eigenvalue weighted by atomic mass is 16.6. The summed E-state index contributed by atoms with van der Waals surface area (Å²) < 4.78 is 5.16. The molecule has 1 unspecified atom stereocenters. The van der Waals surface area contributed by atoms with Gasteiger partial charge in [-0.1, -0.05) is 13.0 Å². The summed E-state index contributed by atoms with van der Waals surface area (Å²) in [5.41, 5.74) is -0.811. The van der Waals surface area contributed by atoms with Crippen LogP contribution < -0.4 is 5.32 Å². The van der Waals surface area contributed by atoms with Gasteiger partial charge in [0.05, 0.1) is 5.41 Å². The van der Waals surface area contributed by atoms with Gasteiger partial charge in [0.15, 0.2) is 0 Å². The van der Waals surface area contributed by atoms with Crippen molar-refractivity contribution >= 4 is 12.1 Å². The van der Waals surface area contributed by atoms with Crippen LogP contribution in [0, 0.1) is 5.41 Å².